The average Bonchev–Trinajstić information content (AvgIpc) is 4.01. The van der Waals surface area contributed by atoms with E-state index in [0.717, 1.165) is 19.3 Å². The molecule has 4 amide bonds. The molecule has 0 radical (unpaired) electrons. The number of sulfonamides is 1. The molecule has 1 aromatic heterocycles. The van der Waals surface area contributed by atoms with Crippen molar-refractivity contribution in [2.75, 3.05) is 6.54 Å². The van der Waals surface area contributed by atoms with Gasteiger partial charge in [-0.25, -0.2) is 18.2 Å². The van der Waals surface area contributed by atoms with Gasteiger partial charge >= 0.3 is 6.09 Å². The maximum absolute atomic E-state index is 14.8. The Morgan fingerprint density at radius 1 is 1.04 bits per heavy atom. The second-order valence-corrected chi connectivity index (χ2v) is 19.7. The van der Waals surface area contributed by atoms with Crippen molar-refractivity contribution in [2.24, 2.45) is 17.8 Å². The number of rotatable bonds is 8. The summed E-state index contributed by atoms with van der Waals surface area (Å²) in [5, 5.41) is 6.76. The molecule has 0 bridgehead atoms. The Morgan fingerprint density at radius 2 is 1.79 bits per heavy atom. The van der Waals surface area contributed by atoms with Crippen LogP contribution in [0.3, 0.4) is 0 Å². The van der Waals surface area contributed by atoms with Crippen LogP contribution in [0.5, 0.6) is 11.6 Å². The minimum absolute atomic E-state index is 0.0180. The van der Waals surface area contributed by atoms with Crippen LogP contribution in [-0.2, 0) is 29.1 Å². The molecule has 56 heavy (non-hydrogen) atoms. The van der Waals surface area contributed by atoms with Gasteiger partial charge in [0.25, 0.3) is 5.91 Å². The Balaban J connectivity index is 1.22. The number of nitrogens with one attached hydrogen (secondary N) is 3. The van der Waals surface area contributed by atoms with Crippen molar-refractivity contribution >= 4 is 56.2 Å². The Kier molecular flexibility index (Phi) is 11.0. The molecule has 304 valence electrons. The third kappa shape index (κ3) is 8.88. The molecule has 7 rings (SSSR count). The number of hydrogen-bond acceptors (Lipinski definition) is 10. The smallest absolute Gasteiger partial charge is 0.408 e. The fraction of sp³-hybridized carbons (Fsp3) is 0.625. The first-order chi connectivity index (χ1) is 26.4. The van der Waals surface area contributed by atoms with Crippen LogP contribution in [0.1, 0.15) is 92.4 Å². The molecule has 1 saturated heterocycles. The van der Waals surface area contributed by atoms with Gasteiger partial charge in [0, 0.05) is 23.1 Å². The zero-order valence-corrected chi connectivity index (χ0v) is 34.1. The lowest BCUT2D eigenvalue weighted by atomic mass is 9.88. The fourth-order valence-corrected chi connectivity index (χ4v) is 9.47. The van der Waals surface area contributed by atoms with Gasteiger partial charge in [-0.05, 0) is 96.1 Å². The number of halogens is 1. The van der Waals surface area contributed by atoms with Gasteiger partial charge in [0.05, 0.1) is 29.1 Å². The van der Waals surface area contributed by atoms with Crippen LogP contribution >= 0.6 is 11.6 Å². The summed E-state index contributed by atoms with van der Waals surface area (Å²) in [5.74, 6) is -1.82. The van der Waals surface area contributed by atoms with E-state index in [-0.39, 0.29) is 43.2 Å². The first-order valence-corrected chi connectivity index (χ1v) is 21.6. The molecule has 3 N–H and O–H groups in total. The summed E-state index contributed by atoms with van der Waals surface area (Å²) in [4.78, 5) is 62.3. The SMILES string of the molecule is CC1CC/C=C\[C@@H]2C[C@@]2(C(=O)NS(=O)(=O)C2CC2)NC(=O)[C@@H]2C[C@@H](Oc3ncc(OC4CC4)c4c(Cl)cccc34)CN2C(=O)[C@@H](NC(=O)OC(C)(C)C)[C@H](C)C1. The molecule has 1 aromatic carbocycles. The van der Waals surface area contributed by atoms with Gasteiger partial charge in [0.15, 0.2) is 0 Å². The van der Waals surface area contributed by atoms with E-state index in [0.29, 0.717) is 47.2 Å². The third-order valence-corrected chi connectivity index (χ3v) is 13.3. The van der Waals surface area contributed by atoms with Crippen LogP contribution in [-0.4, -0.2) is 89.3 Å². The summed E-state index contributed by atoms with van der Waals surface area (Å²) < 4.78 is 46.2. The van der Waals surface area contributed by atoms with Crippen molar-refractivity contribution in [3.8, 4) is 11.6 Å². The number of nitrogens with zero attached hydrogens (tertiary/aromatic N) is 2. The largest absolute Gasteiger partial charge is 0.488 e. The predicted octanol–water partition coefficient (Wildman–Crippen LogP) is 5.17. The minimum Gasteiger partial charge on any atom is -0.488 e. The van der Waals surface area contributed by atoms with Crippen molar-refractivity contribution < 1.29 is 41.8 Å². The fourth-order valence-electron chi connectivity index (χ4n) is 7.84. The number of carbonyl (C=O) groups excluding carboxylic acids is 4. The standard InChI is InChI=1S/C40H52ClN5O9S/c1-22-9-6-7-10-24-19-40(24,37(49)45-56(51,52)27-15-16-27)44-34(47)30-18-26(21-46(30)36(48)33(23(2)17-22)43-38(50)55-39(3,4)5)54-35-28-11-8-12-29(41)32(28)31(20-42-35)53-25-13-14-25/h7-8,10-12,20,22-27,30,33H,6,9,13-19,21H2,1-5H3,(H,43,50)(H,44,47)(H,45,49)/b10-7-/t22?,23-,24-,26-,30+,33+,40-/m1/s1. The van der Waals surface area contributed by atoms with Crippen LogP contribution in [0.2, 0.25) is 5.02 Å². The molecule has 16 heteroatoms. The number of fused-ring (bicyclic) bond motifs is 3. The second kappa shape index (κ2) is 15.3. The average molecular weight is 814 g/mol. The molecular formula is C40H52ClN5O9S. The molecule has 3 aliphatic carbocycles. The summed E-state index contributed by atoms with van der Waals surface area (Å²) in [5.41, 5.74) is -2.35. The van der Waals surface area contributed by atoms with Crippen molar-refractivity contribution in [3.05, 3.63) is 41.6 Å². The van der Waals surface area contributed by atoms with Gasteiger partial charge in [-0.2, -0.15) is 0 Å². The molecule has 4 fully saturated rings. The highest BCUT2D eigenvalue weighted by atomic mass is 35.5. The van der Waals surface area contributed by atoms with Crippen LogP contribution < -0.4 is 24.8 Å². The van der Waals surface area contributed by atoms with Crippen LogP contribution in [0.25, 0.3) is 10.8 Å². The van der Waals surface area contributed by atoms with Gasteiger partial charge in [-0.15, -0.1) is 0 Å². The van der Waals surface area contributed by atoms with Gasteiger partial charge < -0.3 is 29.7 Å². The van der Waals surface area contributed by atoms with Crippen LogP contribution in [0.15, 0.2) is 36.5 Å². The molecule has 7 atom stereocenters. The highest BCUT2D eigenvalue weighted by Gasteiger charge is 2.62. The Bertz CT molecular complexity index is 2030. The number of allylic oxidation sites excluding steroid dienone is 1. The van der Waals surface area contributed by atoms with E-state index < -0.39 is 74.3 Å². The Hall–Kier alpha value is -4.11. The number of carbonyl (C=O) groups is 4. The normalized spacial score (nSPS) is 30.5. The van der Waals surface area contributed by atoms with E-state index in [1.807, 2.05) is 25.1 Å². The van der Waals surface area contributed by atoms with Gasteiger partial charge in [-0.3, -0.25) is 19.1 Å². The maximum Gasteiger partial charge on any atom is 0.408 e. The van der Waals surface area contributed by atoms with Crippen molar-refractivity contribution in [1.29, 1.82) is 0 Å². The zero-order chi connectivity index (χ0) is 40.2. The molecular weight excluding hydrogens is 762 g/mol. The van der Waals surface area contributed by atoms with E-state index in [1.165, 1.54) is 4.90 Å². The number of amides is 4. The molecule has 5 aliphatic rings. The number of pyridine rings is 1. The quantitative estimate of drug-likeness (QED) is 0.301. The maximum atomic E-state index is 14.8. The lowest BCUT2D eigenvalue weighted by Gasteiger charge is -2.33. The number of benzene rings is 1. The summed E-state index contributed by atoms with van der Waals surface area (Å²) >= 11 is 6.67. The molecule has 1 unspecified atom stereocenters. The van der Waals surface area contributed by atoms with Gasteiger partial charge in [0.1, 0.15) is 35.1 Å². The van der Waals surface area contributed by atoms with E-state index in [2.05, 4.69) is 27.3 Å². The number of alkyl carbamates (subject to hydrolysis) is 1. The number of aromatic nitrogens is 1. The molecule has 3 saturated carbocycles. The lowest BCUT2D eigenvalue weighted by Crippen LogP contribution is -2.59. The van der Waals surface area contributed by atoms with Crippen LogP contribution in [0, 0.1) is 17.8 Å². The molecule has 0 spiro atoms. The summed E-state index contributed by atoms with van der Waals surface area (Å²) in [7, 11) is -3.91. The molecule has 2 aliphatic heterocycles. The van der Waals surface area contributed by atoms with Crippen molar-refractivity contribution in [3.63, 3.8) is 0 Å². The predicted molar refractivity (Wildman–Crippen MR) is 208 cm³/mol. The Morgan fingerprint density at radius 3 is 2.48 bits per heavy atom. The van der Waals surface area contributed by atoms with E-state index in [4.69, 9.17) is 25.8 Å². The summed E-state index contributed by atoms with van der Waals surface area (Å²) in [6.45, 7) is 9.12. The van der Waals surface area contributed by atoms with Crippen molar-refractivity contribution in [1.82, 2.24) is 25.2 Å². The number of hydrogen-bond donors (Lipinski definition) is 3. The third-order valence-electron chi connectivity index (χ3n) is 11.2. The lowest BCUT2D eigenvalue weighted by molar-refractivity contribution is -0.142. The van der Waals surface area contributed by atoms with E-state index in [1.54, 1.807) is 39.1 Å². The van der Waals surface area contributed by atoms with E-state index >= 15 is 0 Å². The van der Waals surface area contributed by atoms with Gasteiger partial charge in [0.2, 0.25) is 27.7 Å². The minimum atomic E-state index is -3.91. The molecule has 14 nitrogen and oxygen atoms in total. The topological polar surface area (TPSA) is 182 Å². The van der Waals surface area contributed by atoms with E-state index in [9.17, 15) is 27.6 Å². The first kappa shape index (κ1) is 40.1. The number of ether oxygens (including phenoxy) is 3. The van der Waals surface area contributed by atoms with Gasteiger partial charge in [-0.1, -0.05) is 43.7 Å². The monoisotopic (exact) mass is 813 g/mol. The highest BCUT2D eigenvalue weighted by molar-refractivity contribution is 7.91. The van der Waals surface area contributed by atoms with Crippen molar-refractivity contribution in [2.45, 2.75) is 133 Å². The first-order valence-electron chi connectivity index (χ1n) is 19.7. The summed E-state index contributed by atoms with van der Waals surface area (Å²) in [6, 6.07) is 3.14. The zero-order valence-electron chi connectivity index (χ0n) is 32.5. The molecule has 2 aromatic rings. The highest BCUT2D eigenvalue weighted by Crippen LogP contribution is 2.46. The summed E-state index contributed by atoms with van der Waals surface area (Å²) in [6.07, 6.45) is 9.03. The Labute approximate surface area is 332 Å². The molecule has 3 heterocycles. The van der Waals surface area contributed by atoms with Crippen LogP contribution in [0.4, 0.5) is 4.79 Å². The second-order valence-electron chi connectivity index (χ2n) is 17.3.